The number of piperidine rings is 1. The van der Waals surface area contributed by atoms with Crippen molar-refractivity contribution in [3.05, 3.63) is 30.4 Å². The second-order valence-corrected chi connectivity index (χ2v) is 8.26. The van der Waals surface area contributed by atoms with Gasteiger partial charge in [-0.2, -0.15) is 22.1 Å². The van der Waals surface area contributed by atoms with E-state index >= 15 is 0 Å². The third kappa shape index (κ3) is 3.06. The summed E-state index contributed by atoms with van der Waals surface area (Å²) in [7, 11) is 1.56. The van der Waals surface area contributed by atoms with Crippen LogP contribution in [-0.4, -0.2) is 64.0 Å². The average Bonchev–Trinajstić information content (AvgIpc) is 3.00. The van der Waals surface area contributed by atoms with Crippen LogP contribution in [0, 0.1) is 0 Å². The van der Waals surface area contributed by atoms with E-state index in [0.29, 0.717) is 13.1 Å². The number of aromatic nitrogens is 4. The van der Waals surface area contributed by atoms with E-state index in [9.17, 15) is 8.42 Å². The first-order chi connectivity index (χ1) is 11.4. The highest BCUT2D eigenvalue weighted by Gasteiger charge is 2.33. The molecular weight excluding hydrogens is 328 g/mol. The summed E-state index contributed by atoms with van der Waals surface area (Å²) in [6.45, 7) is 0.961. The Kier molecular flexibility index (Phi) is 4.66. The highest BCUT2D eigenvalue weighted by Crippen LogP contribution is 2.32. The van der Waals surface area contributed by atoms with E-state index in [1.165, 1.54) is 8.61 Å². The van der Waals surface area contributed by atoms with E-state index in [1.807, 2.05) is 13.1 Å². The lowest BCUT2D eigenvalue weighted by Crippen LogP contribution is -2.45. The predicted octanol–water partition coefficient (Wildman–Crippen LogP) is 0.863. The van der Waals surface area contributed by atoms with E-state index in [-0.39, 0.29) is 5.92 Å². The number of aryl methyl sites for hydroxylation is 1. The molecule has 9 heteroatoms. The van der Waals surface area contributed by atoms with Crippen LogP contribution in [0.3, 0.4) is 0 Å². The molecule has 2 aromatic heterocycles. The molecule has 2 aromatic rings. The van der Waals surface area contributed by atoms with E-state index in [4.69, 9.17) is 0 Å². The van der Waals surface area contributed by atoms with E-state index in [1.54, 1.807) is 37.4 Å². The first-order valence-electron chi connectivity index (χ1n) is 7.88. The smallest absolute Gasteiger partial charge is 0.266 e. The quantitative estimate of drug-likeness (QED) is 0.817. The second-order valence-electron chi connectivity index (χ2n) is 6.12. The molecule has 1 aliphatic heterocycles. The number of rotatable bonds is 4. The maximum Gasteiger partial charge on any atom is 0.281 e. The predicted molar refractivity (Wildman–Crippen MR) is 90.4 cm³/mol. The molecule has 0 aromatic carbocycles. The summed E-state index contributed by atoms with van der Waals surface area (Å²) >= 11 is 0. The van der Waals surface area contributed by atoms with Gasteiger partial charge in [-0.1, -0.05) is 0 Å². The summed E-state index contributed by atoms with van der Waals surface area (Å²) in [5.74, 6) is 0.0204. The summed E-state index contributed by atoms with van der Waals surface area (Å²) in [5.41, 5.74) is 2.48. The molecule has 0 spiro atoms. The third-order valence-electron chi connectivity index (χ3n) is 4.35. The van der Waals surface area contributed by atoms with Gasteiger partial charge in [0.25, 0.3) is 10.2 Å². The van der Waals surface area contributed by atoms with E-state index in [0.717, 1.165) is 29.9 Å². The molecule has 0 bridgehead atoms. The minimum Gasteiger partial charge on any atom is -0.266 e. The van der Waals surface area contributed by atoms with E-state index < -0.39 is 10.2 Å². The normalized spacial score (nSPS) is 19.8. The molecule has 0 saturated carbocycles. The molecule has 0 aliphatic carbocycles. The summed E-state index contributed by atoms with van der Waals surface area (Å²) in [6, 6.07) is 1.89. The van der Waals surface area contributed by atoms with Crippen LogP contribution in [0.5, 0.6) is 0 Å². The Hall–Kier alpha value is -1.84. The van der Waals surface area contributed by atoms with Crippen LogP contribution in [0.4, 0.5) is 0 Å². The van der Waals surface area contributed by atoms with Crippen molar-refractivity contribution in [1.29, 1.82) is 0 Å². The van der Waals surface area contributed by atoms with Crippen molar-refractivity contribution in [2.24, 2.45) is 7.05 Å². The zero-order valence-corrected chi connectivity index (χ0v) is 14.9. The van der Waals surface area contributed by atoms with Crippen LogP contribution in [0.25, 0.3) is 11.4 Å². The Labute approximate surface area is 142 Å². The topological polar surface area (TPSA) is 84.2 Å². The van der Waals surface area contributed by atoms with Crippen molar-refractivity contribution in [2.45, 2.75) is 18.8 Å². The van der Waals surface area contributed by atoms with E-state index in [2.05, 4.69) is 15.1 Å². The van der Waals surface area contributed by atoms with Crippen LogP contribution >= 0.6 is 0 Å². The summed E-state index contributed by atoms with van der Waals surface area (Å²) in [5, 5.41) is 4.19. The zero-order valence-electron chi connectivity index (χ0n) is 14.1. The maximum absolute atomic E-state index is 12.4. The molecule has 3 rings (SSSR count). The van der Waals surface area contributed by atoms with Crippen molar-refractivity contribution < 1.29 is 8.42 Å². The number of hydrogen-bond donors (Lipinski definition) is 0. The van der Waals surface area contributed by atoms with Crippen LogP contribution in [0.1, 0.15) is 24.5 Å². The molecule has 1 unspecified atom stereocenters. The Morgan fingerprint density at radius 1 is 1.21 bits per heavy atom. The van der Waals surface area contributed by atoms with Gasteiger partial charge in [0.05, 0.1) is 11.4 Å². The van der Waals surface area contributed by atoms with Gasteiger partial charge in [-0.05, 0) is 18.9 Å². The molecule has 8 nitrogen and oxygen atoms in total. The minimum absolute atomic E-state index is 0.0204. The first kappa shape index (κ1) is 17.0. The summed E-state index contributed by atoms with van der Waals surface area (Å²) in [4.78, 5) is 9.00. The Balaban J connectivity index is 1.94. The molecule has 1 saturated heterocycles. The second kappa shape index (κ2) is 6.58. The zero-order chi connectivity index (χ0) is 17.3. The lowest BCUT2D eigenvalue weighted by Gasteiger charge is -2.33. The van der Waals surface area contributed by atoms with Crippen LogP contribution in [0.15, 0.2) is 24.7 Å². The third-order valence-corrected chi connectivity index (χ3v) is 6.26. The Morgan fingerprint density at radius 3 is 2.62 bits per heavy atom. The van der Waals surface area contributed by atoms with Gasteiger partial charge in [0.2, 0.25) is 0 Å². The van der Waals surface area contributed by atoms with Crippen LogP contribution in [-0.2, 0) is 17.3 Å². The molecule has 24 heavy (non-hydrogen) atoms. The van der Waals surface area contributed by atoms with Crippen molar-refractivity contribution >= 4 is 10.2 Å². The van der Waals surface area contributed by atoms with Crippen molar-refractivity contribution in [1.82, 2.24) is 28.4 Å². The fraction of sp³-hybridized carbons (Fsp3) is 0.533. The molecule has 130 valence electrons. The lowest BCUT2D eigenvalue weighted by atomic mass is 9.93. The Morgan fingerprint density at radius 2 is 1.96 bits per heavy atom. The van der Waals surface area contributed by atoms with Crippen molar-refractivity contribution in [3.63, 3.8) is 0 Å². The van der Waals surface area contributed by atoms with Gasteiger partial charge in [-0.3, -0.25) is 14.6 Å². The van der Waals surface area contributed by atoms with Crippen LogP contribution < -0.4 is 0 Å². The highest BCUT2D eigenvalue weighted by atomic mass is 32.2. The van der Waals surface area contributed by atoms with Gasteiger partial charge in [-0.15, -0.1) is 0 Å². The number of nitrogens with zero attached hydrogens (tertiary/aromatic N) is 6. The van der Waals surface area contributed by atoms with Crippen molar-refractivity contribution in [3.8, 4) is 11.4 Å². The monoisotopic (exact) mass is 350 g/mol. The maximum atomic E-state index is 12.4. The van der Waals surface area contributed by atoms with Crippen molar-refractivity contribution in [2.75, 3.05) is 27.2 Å². The summed E-state index contributed by atoms with van der Waals surface area (Å²) < 4.78 is 29.4. The molecular formula is C15H22N6O2S. The molecule has 3 heterocycles. The van der Waals surface area contributed by atoms with Gasteiger partial charge >= 0.3 is 0 Å². The van der Waals surface area contributed by atoms with Crippen LogP contribution in [0.2, 0.25) is 0 Å². The number of hydrogen-bond acceptors (Lipinski definition) is 5. The van der Waals surface area contributed by atoms with Gasteiger partial charge < -0.3 is 0 Å². The van der Waals surface area contributed by atoms with Gasteiger partial charge in [0, 0.05) is 58.7 Å². The first-order valence-corrected chi connectivity index (χ1v) is 9.28. The highest BCUT2D eigenvalue weighted by molar-refractivity contribution is 7.86. The molecule has 0 radical (unpaired) electrons. The minimum atomic E-state index is -3.41. The SMILES string of the molecule is CN(C)S(=O)(=O)N1CCCC(c2nccnc2-c2ccnn2C)C1. The fourth-order valence-corrected chi connectivity index (χ4v) is 4.25. The van der Waals surface area contributed by atoms with Gasteiger partial charge in [0.15, 0.2) is 0 Å². The largest absolute Gasteiger partial charge is 0.281 e. The lowest BCUT2D eigenvalue weighted by molar-refractivity contribution is 0.296. The van der Waals surface area contributed by atoms with Gasteiger partial charge in [-0.25, -0.2) is 0 Å². The standard InChI is InChI=1S/C15H22N6O2S/c1-19(2)24(22,23)21-10-4-5-12(11-21)14-15(17-9-8-16-14)13-6-7-18-20(13)3/h6-9,12H,4-5,10-11H2,1-3H3. The molecule has 1 atom stereocenters. The molecule has 0 amide bonds. The average molecular weight is 350 g/mol. The molecule has 1 aliphatic rings. The molecule has 1 fully saturated rings. The summed E-state index contributed by atoms with van der Waals surface area (Å²) in [6.07, 6.45) is 6.73. The Bertz CT molecular complexity index is 817. The molecule has 0 N–H and O–H groups in total. The van der Waals surface area contributed by atoms with Gasteiger partial charge in [0.1, 0.15) is 5.69 Å². The fourth-order valence-electron chi connectivity index (χ4n) is 3.06.